The summed E-state index contributed by atoms with van der Waals surface area (Å²) in [5.41, 5.74) is 2.53. The van der Waals surface area contributed by atoms with Crippen molar-refractivity contribution in [1.82, 2.24) is 4.57 Å². The fourth-order valence-electron chi connectivity index (χ4n) is 3.44. The average Bonchev–Trinajstić information content (AvgIpc) is 2.73. The number of halogens is 1. The number of ketones is 1. The van der Waals surface area contributed by atoms with Crippen LogP contribution < -0.4 is 10.3 Å². The van der Waals surface area contributed by atoms with Gasteiger partial charge in [0, 0.05) is 28.6 Å². The van der Waals surface area contributed by atoms with Crippen LogP contribution >= 0.6 is 11.6 Å². The maximum Gasteiger partial charge on any atom is 0.327 e. The van der Waals surface area contributed by atoms with Crippen LogP contribution in [0.1, 0.15) is 34.5 Å². The van der Waals surface area contributed by atoms with Gasteiger partial charge in [-0.25, -0.2) is 4.79 Å². The second-order valence-electron chi connectivity index (χ2n) is 7.29. The maximum atomic E-state index is 13.0. The summed E-state index contributed by atoms with van der Waals surface area (Å²) in [6.45, 7) is 3.36. The zero-order valence-corrected chi connectivity index (χ0v) is 18.1. The molecular formula is C24H22ClNO5. The lowest BCUT2D eigenvalue weighted by Gasteiger charge is -2.19. The van der Waals surface area contributed by atoms with Gasteiger partial charge in [0.05, 0.1) is 13.3 Å². The van der Waals surface area contributed by atoms with Gasteiger partial charge in [0.1, 0.15) is 11.8 Å². The Bertz CT molecular complexity index is 1200. The van der Waals surface area contributed by atoms with E-state index >= 15 is 0 Å². The fraction of sp³-hybridized carbons (Fsp3) is 0.208. The molecule has 6 nitrogen and oxygen atoms in total. The molecule has 3 aromatic rings. The lowest BCUT2D eigenvalue weighted by atomic mass is 9.97. The van der Waals surface area contributed by atoms with Gasteiger partial charge in [-0.2, -0.15) is 0 Å². The first-order chi connectivity index (χ1) is 14.7. The molecule has 0 bridgehead atoms. The number of nitrogens with zero attached hydrogens (tertiary/aromatic N) is 1. The molecule has 0 amide bonds. The molecule has 0 aliphatic heterocycles. The lowest BCUT2D eigenvalue weighted by molar-refractivity contribution is -0.141. The minimum absolute atomic E-state index is 0.133. The number of methoxy groups -OCH3 is 1. The minimum Gasteiger partial charge on any atom is -0.495 e. The molecular weight excluding hydrogens is 418 g/mol. The Morgan fingerprint density at radius 3 is 2.35 bits per heavy atom. The van der Waals surface area contributed by atoms with E-state index in [0.29, 0.717) is 21.7 Å². The quantitative estimate of drug-likeness (QED) is 0.545. The molecule has 0 aliphatic rings. The molecule has 0 aliphatic carbocycles. The van der Waals surface area contributed by atoms with Crippen molar-refractivity contribution in [2.45, 2.75) is 26.3 Å². The van der Waals surface area contributed by atoms with Gasteiger partial charge >= 0.3 is 5.97 Å². The molecule has 0 spiro atoms. The summed E-state index contributed by atoms with van der Waals surface area (Å²) < 4.78 is 6.60. The maximum absolute atomic E-state index is 13.0. The monoisotopic (exact) mass is 439 g/mol. The third kappa shape index (κ3) is 4.86. The van der Waals surface area contributed by atoms with Crippen molar-refractivity contribution in [2.24, 2.45) is 0 Å². The molecule has 0 saturated heterocycles. The largest absolute Gasteiger partial charge is 0.495 e. The van der Waals surface area contributed by atoms with Crippen LogP contribution in [0.15, 0.2) is 59.5 Å². The van der Waals surface area contributed by atoms with Crippen LogP contribution in [-0.4, -0.2) is 28.5 Å². The van der Waals surface area contributed by atoms with Crippen LogP contribution in [0.3, 0.4) is 0 Å². The minimum atomic E-state index is -1.13. The Hall–Kier alpha value is -3.38. The number of carboxylic acids is 1. The molecule has 1 aromatic heterocycles. The van der Waals surface area contributed by atoms with E-state index in [1.165, 1.54) is 26.3 Å². The van der Waals surface area contributed by atoms with Gasteiger partial charge in [-0.1, -0.05) is 41.4 Å². The predicted molar refractivity (Wildman–Crippen MR) is 119 cm³/mol. The van der Waals surface area contributed by atoms with Crippen molar-refractivity contribution in [1.29, 1.82) is 0 Å². The molecule has 1 N–H and O–H groups in total. The third-order valence-corrected chi connectivity index (χ3v) is 5.32. The number of hydrogen-bond acceptors (Lipinski definition) is 4. The van der Waals surface area contributed by atoms with E-state index in [4.69, 9.17) is 16.3 Å². The van der Waals surface area contributed by atoms with Crippen molar-refractivity contribution in [3.8, 4) is 16.9 Å². The highest BCUT2D eigenvalue weighted by Crippen LogP contribution is 2.34. The Labute approximate surface area is 184 Å². The average molecular weight is 440 g/mol. The van der Waals surface area contributed by atoms with Crippen LogP contribution in [0.5, 0.6) is 5.75 Å². The number of carbonyl (C=O) groups is 2. The van der Waals surface area contributed by atoms with E-state index in [1.54, 1.807) is 18.2 Å². The van der Waals surface area contributed by atoms with Gasteiger partial charge in [-0.3, -0.25) is 14.2 Å². The second-order valence-corrected chi connectivity index (χ2v) is 7.73. The summed E-state index contributed by atoms with van der Waals surface area (Å²) in [5.74, 6) is -1.06. The standard InChI is InChI=1S/C24H22ClNO5/c1-14-4-6-16(7-5-14)10-21(24(29)30)26-13-22(31-3)20(12-23(26)28)19-11-17(25)8-9-18(19)15(2)27/h4-9,11-13,21H,10H2,1-3H3,(H,29,30). The Morgan fingerprint density at radius 2 is 1.77 bits per heavy atom. The highest BCUT2D eigenvalue weighted by Gasteiger charge is 2.24. The van der Waals surface area contributed by atoms with Gasteiger partial charge in [0.2, 0.25) is 0 Å². The normalized spacial score (nSPS) is 11.7. The molecule has 7 heteroatoms. The zero-order valence-electron chi connectivity index (χ0n) is 17.4. The SMILES string of the molecule is COc1cn(C(Cc2ccc(C)cc2)C(=O)O)c(=O)cc1-c1cc(Cl)ccc1C(C)=O. The summed E-state index contributed by atoms with van der Waals surface area (Å²) in [7, 11) is 1.42. The van der Waals surface area contributed by atoms with Crippen LogP contribution in [0.25, 0.3) is 11.1 Å². The lowest BCUT2D eigenvalue weighted by Crippen LogP contribution is -2.31. The molecule has 0 saturated carbocycles. The van der Waals surface area contributed by atoms with E-state index in [9.17, 15) is 19.5 Å². The fourth-order valence-corrected chi connectivity index (χ4v) is 3.62. The molecule has 1 unspecified atom stereocenters. The number of carboxylic acid groups (broad SMARTS) is 1. The number of rotatable bonds is 7. The highest BCUT2D eigenvalue weighted by atomic mass is 35.5. The number of aromatic nitrogens is 1. The number of hydrogen-bond donors (Lipinski definition) is 1. The summed E-state index contributed by atoms with van der Waals surface area (Å²) in [6.07, 6.45) is 1.50. The zero-order chi connectivity index (χ0) is 22.7. The van der Waals surface area contributed by atoms with Gasteiger partial charge in [-0.15, -0.1) is 0 Å². The molecule has 3 rings (SSSR count). The smallest absolute Gasteiger partial charge is 0.327 e. The number of Topliss-reactive ketones (excluding diaryl/α,β-unsaturated/α-hetero) is 1. The molecule has 0 radical (unpaired) electrons. The number of benzene rings is 2. The van der Waals surface area contributed by atoms with Crippen LogP contribution in [0, 0.1) is 6.92 Å². The van der Waals surface area contributed by atoms with Crippen LogP contribution in [0.2, 0.25) is 5.02 Å². The highest BCUT2D eigenvalue weighted by molar-refractivity contribution is 6.31. The predicted octanol–water partition coefficient (Wildman–Crippen LogP) is 4.56. The Balaban J connectivity index is 2.13. The van der Waals surface area contributed by atoms with E-state index in [0.717, 1.165) is 15.7 Å². The molecule has 0 fully saturated rings. The summed E-state index contributed by atoms with van der Waals surface area (Å²) in [4.78, 5) is 37.0. The van der Waals surface area contributed by atoms with E-state index in [-0.39, 0.29) is 18.0 Å². The second kappa shape index (κ2) is 9.18. The number of pyridine rings is 1. The Morgan fingerprint density at radius 1 is 1.10 bits per heavy atom. The number of aliphatic carboxylic acids is 1. The summed E-state index contributed by atoms with van der Waals surface area (Å²) in [6, 6.07) is 12.4. The summed E-state index contributed by atoms with van der Waals surface area (Å²) in [5, 5.41) is 10.2. The topological polar surface area (TPSA) is 85.6 Å². The molecule has 1 atom stereocenters. The third-order valence-electron chi connectivity index (χ3n) is 5.09. The van der Waals surface area contributed by atoms with Gasteiger partial charge in [0.15, 0.2) is 5.78 Å². The molecule has 160 valence electrons. The Kier molecular flexibility index (Phi) is 6.61. The first kappa shape index (κ1) is 22.3. The number of aryl methyl sites for hydroxylation is 1. The van der Waals surface area contributed by atoms with Crippen LogP contribution in [0.4, 0.5) is 0 Å². The van der Waals surface area contributed by atoms with Crippen molar-refractivity contribution >= 4 is 23.4 Å². The van der Waals surface area contributed by atoms with Crippen molar-refractivity contribution < 1.29 is 19.4 Å². The van der Waals surface area contributed by atoms with Crippen molar-refractivity contribution in [2.75, 3.05) is 7.11 Å². The van der Waals surface area contributed by atoms with Gasteiger partial charge in [-0.05, 0) is 43.2 Å². The van der Waals surface area contributed by atoms with Gasteiger partial charge in [0.25, 0.3) is 5.56 Å². The van der Waals surface area contributed by atoms with E-state index in [1.807, 2.05) is 31.2 Å². The number of ether oxygens (including phenoxy) is 1. The van der Waals surface area contributed by atoms with Crippen molar-refractivity contribution in [3.63, 3.8) is 0 Å². The number of carbonyl (C=O) groups excluding carboxylic acids is 1. The molecule has 2 aromatic carbocycles. The molecule has 31 heavy (non-hydrogen) atoms. The van der Waals surface area contributed by atoms with Crippen molar-refractivity contribution in [3.05, 3.63) is 86.8 Å². The first-order valence-corrected chi connectivity index (χ1v) is 9.98. The first-order valence-electron chi connectivity index (χ1n) is 9.60. The van der Waals surface area contributed by atoms with Crippen LogP contribution in [-0.2, 0) is 11.2 Å². The summed E-state index contributed by atoms with van der Waals surface area (Å²) >= 11 is 6.12. The van der Waals surface area contributed by atoms with E-state index in [2.05, 4.69) is 0 Å². The van der Waals surface area contributed by atoms with Gasteiger partial charge < -0.3 is 9.84 Å². The molecule has 1 heterocycles. The van der Waals surface area contributed by atoms with E-state index < -0.39 is 17.6 Å².